The lowest BCUT2D eigenvalue weighted by molar-refractivity contribution is -0.137. The maximum absolute atomic E-state index is 13.3. The number of anilines is 2. The molecule has 0 spiro atoms. The summed E-state index contributed by atoms with van der Waals surface area (Å²) in [6.07, 6.45) is -4.64. The van der Waals surface area contributed by atoms with Crippen LogP contribution in [-0.2, 0) is 22.3 Å². The predicted octanol–water partition coefficient (Wildman–Crippen LogP) is 3.40. The highest BCUT2D eigenvalue weighted by atomic mass is 19.4. The lowest BCUT2D eigenvalue weighted by Gasteiger charge is -2.16. The number of rotatable bonds is 7. The van der Waals surface area contributed by atoms with Gasteiger partial charge in [-0.15, -0.1) is 0 Å². The van der Waals surface area contributed by atoms with Gasteiger partial charge in [-0.25, -0.2) is 0 Å². The van der Waals surface area contributed by atoms with E-state index < -0.39 is 23.6 Å². The van der Waals surface area contributed by atoms with Crippen LogP contribution in [0.1, 0.15) is 18.1 Å². The molecule has 2 rings (SSSR count). The molecular weight excluding hydrogens is 375 g/mol. The molecule has 0 heterocycles. The van der Waals surface area contributed by atoms with Crippen molar-refractivity contribution in [1.29, 1.82) is 0 Å². The topological polar surface area (TPSA) is 79.5 Å². The van der Waals surface area contributed by atoms with Crippen LogP contribution >= 0.6 is 0 Å². The first-order chi connectivity index (χ1) is 13.2. The average Bonchev–Trinajstić information content (AvgIpc) is 2.64. The zero-order valence-electron chi connectivity index (χ0n) is 15.3. The van der Waals surface area contributed by atoms with Gasteiger partial charge in [0.1, 0.15) is 5.75 Å². The molecule has 0 saturated carbocycles. The molecule has 0 saturated heterocycles. The van der Waals surface area contributed by atoms with Crippen LogP contribution in [0.15, 0.2) is 42.5 Å². The Kier molecular flexibility index (Phi) is 6.86. The van der Waals surface area contributed by atoms with Crippen LogP contribution in [0.25, 0.3) is 0 Å². The van der Waals surface area contributed by atoms with Gasteiger partial charge >= 0.3 is 6.18 Å². The van der Waals surface area contributed by atoms with Gasteiger partial charge in [-0.1, -0.05) is 12.1 Å². The van der Waals surface area contributed by atoms with Crippen LogP contribution in [0.5, 0.6) is 5.75 Å². The third-order valence-electron chi connectivity index (χ3n) is 3.71. The summed E-state index contributed by atoms with van der Waals surface area (Å²) in [6.45, 7) is 1.07. The number of halogens is 3. The number of amides is 2. The van der Waals surface area contributed by atoms with Gasteiger partial charge < -0.3 is 20.7 Å². The summed E-state index contributed by atoms with van der Waals surface area (Å²) in [5.41, 5.74) is -0.409. The van der Waals surface area contributed by atoms with Gasteiger partial charge in [-0.3, -0.25) is 9.59 Å². The number of benzene rings is 2. The van der Waals surface area contributed by atoms with Gasteiger partial charge in [0.05, 0.1) is 19.2 Å². The second-order valence-corrected chi connectivity index (χ2v) is 5.92. The molecule has 28 heavy (non-hydrogen) atoms. The van der Waals surface area contributed by atoms with Crippen molar-refractivity contribution in [2.75, 3.05) is 24.3 Å². The van der Waals surface area contributed by atoms with Crippen molar-refractivity contribution in [2.45, 2.75) is 19.6 Å². The second-order valence-electron chi connectivity index (χ2n) is 5.92. The molecule has 0 aliphatic heterocycles. The quantitative estimate of drug-likeness (QED) is 0.671. The molecule has 6 nitrogen and oxygen atoms in total. The number of carbonyl (C=O) groups excluding carboxylic acids is 2. The maximum Gasteiger partial charge on any atom is 0.418 e. The van der Waals surface area contributed by atoms with Crippen molar-refractivity contribution in [1.82, 2.24) is 5.32 Å². The summed E-state index contributed by atoms with van der Waals surface area (Å²) in [4.78, 5) is 23.0. The summed E-state index contributed by atoms with van der Waals surface area (Å²) < 4.78 is 44.9. The number of hydrogen-bond acceptors (Lipinski definition) is 4. The van der Waals surface area contributed by atoms with Crippen LogP contribution < -0.4 is 20.7 Å². The van der Waals surface area contributed by atoms with Crippen LogP contribution in [-0.4, -0.2) is 25.5 Å². The van der Waals surface area contributed by atoms with Crippen molar-refractivity contribution in [2.24, 2.45) is 0 Å². The Hall–Kier alpha value is -3.23. The minimum atomic E-state index is -4.64. The van der Waals surface area contributed by atoms with E-state index in [9.17, 15) is 22.8 Å². The molecule has 2 aromatic rings. The minimum Gasteiger partial charge on any atom is -0.497 e. The highest BCUT2D eigenvalue weighted by Gasteiger charge is 2.34. The Balaban J connectivity index is 2.00. The molecule has 9 heteroatoms. The fourth-order valence-corrected chi connectivity index (χ4v) is 2.44. The minimum absolute atomic E-state index is 0.0212. The van der Waals surface area contributed by atoms with Gasteiger partial charge in [0.25, 0.3) is 0 Å². The van der Waals surface area contributed by atoms with E-state index >= 15 is 0 Å². The summed E-state index contributed by atoms with van der Waals surface area (Å²) in [5.74, 6) is -0.313. The molecule has 0 aliphatic rings. The van der Waals surface area contributed by atoms with E-state index in [-0.39, 0.29) is 24.5 Å². The number of ether oxygens (including phenoxy) is 1. The fourth-order valence-electron chi connectivity index (χ4n) is 2.44. The highest BCUT2D eigenvalue weighted by molar-refractivity contribution is 5.89. The molecule has 3 N–H and O–H groups in total. The van der Waals surface area contributed by atoms with Crippen LogP contribution in [0.2, 0.25) is 0 Å². The standard InChI is InChI=1S/C19H20F3N3O3/c1-12(26)25-14-6-7-17(16(9-14)19(20,21)22)23-11-18(27)24-10-13-4-3-5-15(8-13)28-2/h3-9,23H,10-11H2,1-2H3,(H,24,27)(H,25,26). The molecule has 0 radical (unpaired) electrons. The molecule has 0 aromatic heterocycles. The number of nitrogens with one attached hydrogen (secondary N) is 3. The first kappa shape index (κ1) is 21.1. The number of alkyl halides is 3. The van der Waals surface area contributed by atoms with Gasteiger partial charge in [0, 0.05) is 24.8 Å². The fraction of sp³-hybridized carbons (Fsp3) is 0.263. The van der Waals surface area contributed by atoms with Gasteiger partial charge in [-0.2, -0.15) is 13.2 Å². The SMILES string of the molecule is COc1cccc(CNC(=O)CNc2ccc(NC(C)=O)cc2C(F)(F)F)c1. The monoisotopic (exact) mass is 395 g/mol. The lowest BCUT2D eigenvalue weighted by Crippen LogP contribution is -2.30. The van der Waals surface area contributed by atoms with Crippen molar-refractivity contribution in [3.63, 3.8) is 0 Å². The number of carbonyl (C=O) groups is 2. The van der Waals surface area contributed by atoms with E-state index in [0.717, 1.165) is 11.6 Å². The summed E-state index contributed by atoms with van der Waals surface area (Å²) in [6, 6.07) is 10.4. The number of hydrogen-bond donors (Lipinski definition) is 3. The molecular formula is C19H20F3N3O3. The Labute approximate surface area is 160 Å². The predicted molar refractivity (Wildman–Crippen MR) is 99.1 cm³/mol. The lowest BCUT2D eigenvalue weighted by atomic mass is 10.1. The van der Waals surface area contributed by atoms with Crippen molar-refractivity contribution in [3.8, 4) is 5.75 Å². The van der Waals surface area contributed by atoms with Crippen LogP contribution in [0, 0.1) is 0 Å². The van der Waals surface area contributed by atoms with Gasteiger partial charge in [0.2, 0.25) is 11.8 Å². The van der Waals surface area contributed by atoms with Crippen molar-refractivity contribution >= 4 is 23.2 Å². The molecule has 150 valence electrons. The molecule has 0 unspecified atom stereocenters. The third-order valence-corrected chi connectivity index (χ3v) is 3.71. The third kappa shape index (κ3) is 6.19. The molecule has 0 fully saturated rings. The van der Waals surface area contributed by atoms with E-state index in [0.29, 0.717) is 5.75 Å². The first-order valence-corrected chi connectivity index (χ1v) is 8.31. The largest absolute Gasteiger partial charge is 0.497 e. The maximum atomic E-state index is 13.3. The van der Waals surface area contributed by atoms with Crippen LogP contribution in [0.4, 0.5) is 24.5 Å². The zero-order chi connectivity index (χ0) is 20.7. The summed E-state index contributed by atoms with van der Waals surface area (Å²) >= 11 is 0. The normalized spacial score (nSPS) is 10.9. The van der Waals surface area contributed by atoms with Gasteiger partial charge in [0.15, 0.2) is 0 Å². The van der Waals surface area contributed by atoms with E-state index in [1.807, 2.05) is 0 Å². The van der Waals surface area contributed by atoms with Crippen LogP contribution in [0.3, 0.4) is 0 Å². The Morgan fingerprint density at radius 3 is 2.50 bits per heavy atom. The molecule has 0 atom stereocenters. The zero-order valence-corrected chi connectivity index (χ0v) is 15.3. The Morgan fingerprint density at radius 1 is 1.11 bits per heavy atom. The molecule has 0 aliphatic carbocycles. The molecule has 2 aromatic carbocycles. The second kappa shape index (κ2) is 9.12. The molecule has 0 bridgehead atoms. The summed E-state index contributed by atoms with van der Waals surface area (Å²) in [5, 5.41) is 7.41. The van der Waals surface area contributed by atoms with E-state index in [1.165, 1.54) is 26.2 Å². The average molecular weight is 395 g/mol. The molecule has 2 amide bonds. The van der Waals surface area contributed by atoms with E-state index in [1.54, 1.807) is 24.3 Å². The smallest absolute Gasteiger partial charge is 0.418 e. The van der Waals surface area contributed by atoms with E-state index in [2.05, 4.69) is 16.0 Å². The highest BCUT2D eigenvalue weighted by Crippen LogP contribution is 2.36. The van der Waals surface area contributed by atoms with Gasteiger partial charge in [-0.05, 0) is 35.9 Å². The summed E-state index contributed by atoms with van der Waals surface area (Å²) in [7, 11) is 1.52. The Bertz CT molecular complexity index is 854. The van der Waals surface area contributed by atoms with Crippen molar-refractivity contribution in [3.05, 3.63) is 53.6 Å². The number of methoxy groups -OCH3 is 1. The van der Waals surface area contributed by atoms with E-state index in [4.69, 9.17) is 4.74 Å². The Morgan fingerprint density at radius 2 is 1.86 bits per heavy atom. The first-order valence-electron chi connectivity index (χ1n) is 8.31. The van der Waals surface area contributed by atoms with Crippen molar-refractivity contribution < 1.29 is 27.5 Å².